The zero-order chi connectivity index (χ0) is 16.2. The number of halogens is 1. The second-order valence-electron chi connectivity index (χ2n) is 6.49. The maximum atomic E-state index is 12.3. The molecule has 1 aliphatic rings. The summed E-state index contributed by atoms with van der Waals surface area (Å²) in [6.45, 7) is 2.03. The molecular weight excluding hydrogens is 320 g/mol. The van der Waals surface area contributed by atoms with Gasteiger partial charge in [-0.1, -0.05) is 54.6 Å². The first-order chi connectivity index (χ1) is 11.1. The van der Waals surface area contributed by atoms with Gasteiger partial charge in [-0.25, -0.2) is 0 Å². The summed E-state index contributed by atoms with van der Waals surface area (Å²) in [5.74, 6) is 0.216. The van der Waals surface area contributed by atoms with E-state index in [-0.39, 0.29) is 36.3 Å². The summed E-state index contributed by atoms with van der Waals surface area (Å²) in [5, 5.41) is 3.12. The Hall–Kier alpha value is -1.84. The Kier molecular flexibility index (Phi) is 6.41. The predicted molar refractivity (Wildman–Crippen MR) is 101 cm³/mol. The minimum absolute atomic E-state index is 0. The van der Waals surface area contributed by atoms with Gasteiger partial charge in [-0.15, -0.1) is 12.4 Å². The molecule has 24 heavy (non-hydrogen) atoms. The van der Waals surface area contributed by atoms with Gasteiger partial charge in [-0.3, -0.25) is 4.79 Å². The smallest absolute Gasteiger partial charge is 0.223 e. The average molecular weight is 345 g/mol. The maximum Gasteiger partial charge on any atom is 0.223 e. The minimum Gasteiger partial charge on any atom is -0.349 e. The van der Waals surface area contributed by atoms with Crippen LogP contribution in [0.5, 0.6) is 0 Å². The first kappa shape index (κ1) is 18.5. The SMILES string of the molecule is CC(NC(=O)C1CCC(N)C1)c1ccc(-c2ccccc2)cc1.Cl. The Labute approximate surface area is 150 Å². The molecule has 2 aromatic rings. The van der Waals surface area contributed by atoms with Crippen LogP contribution < -0.4 is 11.1 Å². The van der Waals surface area contributed by atoms with Crippen LogP contribution in [0.15, 0.2) is 54.6 Å². The zero-order valence-electron chi connectivity index (χ0n) is 13.9. The van der Waals surface area contributed by atoms with E-state index in [9.17, 15) is 4.79 Å². The monoisotopic (exact) mass is 344 g/mol. The standard InChI is InChI=1S/C20H24N2O.ClH/c1-14(22-20(23)18-11-12-19(21)13-18)15-7-9-17(10-8-15)16-5-3-2-4-6-16;/h2-10,14,18-19H,11-13,21H2,1H3,(H,22,23);1H. The quantitative estimate of drug-likeness (QED) is 0.878. The maximum absolute atomic E-state index is 12.3. The summed E-state index contributed by atoms with van der Waals surface area (Å²) in [5.41, 5.74) is 9.42. The van der Waals surface area contributed by atoms with E-state index in [4.69, 9.17) is 5.73 Å². The topological polar surface area (TPSA) is 55.1 Å². The van der Waals surface area contributed by atoms with Crippen molar-refractivity contribution >= 4 is 18.3 Å². The van der Waals surface area contributed by atoms with Crippen molar-refractivity contribution in [1.82, 2.24) is 5.32 Å². The average Bonchev–Trinajstić information content (AvgIpc) is 3.02. The molecule has 1 saturated carbocycles. The van der Waals surface area contributed by atoms with E-state index in [1.807, 2.05) is 25.1 Å². The summed E-state index contributed by atoms with van der Waals surface area (Å²) in [7, 11) is 0. The number of hydrogen-bond donors (Lipinski definition) is 2. The summed E-state index contributed by atoms with van der Waals surface area (Å²) < 4.78 is 0. The van der Waals surface area contributed by atoms with Gasteiger partial charge < -0.3 is 11.1 Å². The van der Waals surface area contributed by atoms with Gasteiger partial charge in [0, 0.05) is 12.0 Å². The van der Waals surface area contributed by atoms with Crippen molar-refractivity contribution in [2.45, 2.75) is 38.3 Å². The number of carbonyl (C=O) groups is 1. The van der Waals surface area contributed by atoms with Crippen LogP contribution in [0.1, 0.15) is 37.8 Å². The summed E-state index contributed by atoms with van der Waals surface area (Å²) >= 11 is 0. The van der Waals surface area contributed by atoms with Gasteiger partial charge in [-0.2, -0.15) is 0 Å². The second-order valence-corrected chi connectivity index (χ2v) is 6.49. The van der Waals surface area contributed by atoms with E-state index in [0.717, 1.165) is 24.8 Å². The fourth-order valence-electron chi connectivity index (χ4n) is 3.26. The van der Waals surface area contributed by atoms with Crippen molar-refractivity contribution in [2.24, 2.45) is 11.7 Å². The highest BCUT2D eigenvalue weighted by atomic mass is 35.5. The van der Waals surface area contributed by atoms with Gasteiger partial charge in [0.1, 0.15) is 0 Å². The number of nitrogens with two attached hydrogens (primary N) is 1. The normalized spacial score (nSPS) is 20.9. The second kappa shape index (κ2) is 8.32. The van der Waals surface area contributed by atoms with Crippen molar-refractivity contribution < 1.29 is 4.79 Å². The van der Waals surface area contributed by atoms with Gasteiger partial charge in [-0.05, 0) is 42.9 Å². The fraction of sp³-hybridized carbons (Fsp3) is 0.350. The zero-order valence-corrected chi connectivity index (χ0v) is 14.8. The third kappa shape index (κ3) is 4.37. The number of rotatable bonds is 4. The number of carbonyl (C=O) groups excluding carboxylic acids is 1. The molecule has 1 aliphatic carbocycles. The van der Waals surface area contributed by atoms with E-state index in [1.165, 1.54) is 11.1 Å². The molecule has 0 aliphatic heterocycles. The van der Waals surface area contributed by atoms with E-state index in [0.29, 0.717) is 0 Å². The molecule has 128 valence electrons. The predicted octanol–water partition coefficient (Wildman–Crippen LogP) is 4.08. The lowest BCUT2D eigenvalue weighted by Crippen LogP contribution is -2.32. The largest absolute Gasteiger partial charge is 0.349 e. The van der Waals surface area contributed by atoms with Crippen molar-refractivity contribution in [3.63, 3.8) is 0 Å². The molecule has 0 bridgehead atoms. The lowest BCUT2D eigenvalue weighted by Gasteiger charge is -2.18. The number of amides is 1. The molecule has 3 atom stereocenters. The number of hydrogen-bond acceptors (Lipinski definition) is 2. The molecule has 1 amide bonds. The Morgan fingerprint density at radius 2 is 1.67 bits per heavy atom. The lowest BCUT2D eigenvalue weighted by molar-refractivity contribution is -0.125. The van der Waals surface area contributed by atoms with Gasteiger partial charge in [0.2, 0.25) is 5.91 Å². The fourth-order valence-corrected chi connectivity index (χ4v) is 3.26. The molecular formula is C20H25ClN2O. The molecule has 4 heteroatoms. The molecule has 0 saturated heterocycles. The molecule has 3 unspecified atom stereocenters. The van der Waals surface area contributed by atoms with E-state index < -0.39 is 0 Å². The first-order valence-corrected chi connectivity index (χ1v) is 8.35. The highest BCUT2D eigenvalue weighted by Crippen LogP contribution is 2.26. The van der Waals surface area contributed by atoms with E-state index >= 15 is 0 Å². The highest BCUT2D eigenvalue weighted by molar-refractivity contribution is 5.85. The van der Waals surface area contributed by atoms with Crippen LogP contribution in [0.3, 0.4) is 0 Å². The molecule has 2 aromatic carbocycles. The van der Waals surface area contributed by atoms with Crippen LogP contribution in [0.25, 0.3) is 11.1 Å². The summed E-state index contributed by atoms with van der Waals surface area (Å²) in [6, 6.07) is 18.9. The summed E-state index contributed by atoms with van der Waals surface area (Å²) in [6.07, 6.45) is 2.68. The Morgan fingerprint density at radius 3 is 2.25 bits per heavy atom. The van der Waals surface area contributed by atoms with Gasteiger partial charge in [0.15, 0.2) is 0 Å². The number of nitrogens with one attached hydrogen (secondary N) is 1. The Morgan fingerprint density at radius 1 is 1.04 bits per heavy atom. The van der Waals surface area contributed by atoms with Crippen LogP contribution in [-0.2, 0) is 4.79 Å². The molecule has 3 nitrogen and oxygen atoms in total. The van der Waals surface area contributed by atoms with Crippen molar-refractivity contribution in [3.8, 4) is 11.1 Å². The van der Waals surface area contributed by atoms with Crippen molar-refractivity contribution in [2.75, 3.05) is 0 Å². The molecule has 1 fully saturated rings. The van der Waals surface area contributed by atoms with Gasteiger partial charge >= 0.3 is 0 Å². The number of benzene rings is 2. The molecule has 0 heterocycles. The van der Waals surface area contributed by atoms with Crippen molar-refractivity contribution in [1.29, 1.82) is 0 Å². The van der Waals surface area contributed by atoms with Crippen LogP contribution >= 0.6 is 12.4 Å². The molecule has 0 radical (unpaired) electrons. The van der Waals surface area contributed by atoms with Gasteiger partial charge in [0.25, 0.3) is 0 Å². The third-order valence-electron chi connectivity index (χ3n) is 4.72. The van der Waals surface area contributed by atoms with Crippen LogP contribution in [0, 0.1) is 5.92 Å². The summed E-state index contributed by atoms with van der Waals surface area (Å²) in [4.78, 5) is 12.3. The van der Waals surface area contributed by atoms with E-state index in [1.54, 1.807) is 0 Å². The highest BCUT2D eigenvalue weighted by Gasteiger charge is 2.28. The van der Waals surface area contributed by atoms with Gasteiger partial charge in [0.05, 0.1) is 6.04 Å². The molecule has 3 rings (SSSR count). The Bertz CT molecular complexity index is 657. The van der Waals surface area contributed by atoms with E-state index in [2.05, 4.69) is 41.7 Å². The van der Waals surface area contributed by atoms with Crippen molar-refractivity contribution in [3.05, 3.63) is 60.2 Å². The van der Waals surface area contributed by atoms with Crippen LogP contribution in [0.4, 0.5) is 0 Å². The minimum atomic E-state index is 0. The molecule has 0 aromatic heterocycles. The Balaban J connectivity index is 0.00000208. The third-order valence-corrected chi connectivity index (χ3v) is 4.72. The molecule has 3 N–H and O–H groups in total. The first-order valence-electron chi connectivity index (χ1n) is 8.35. The molecule has 0 spiro atoms. The lowest BCUT2D eigenvalue weighted by atomic mass is 10.0. The van der Waals surface area contributed by atoms with Crippen LogP contribution in [-0.4, -0.2) is 11.9 Å². The van der Waals surface area contributed by atoms with Crippen LogP contribution in [0.2, 0.25) is 0 Å².